The van der Waals surface area contributed by atoms with Gasteiger partial charge in [0.2, 0.25) is 0 Å². The van der Waals surface area contributed by atoms with Crippen LogP contribution >= 0.6 is 0 Å². The Morgan fingerprint density at radius 3 is 2.67 bits per heavy atom. The van der Waals surface area contributed by atoms with Crippen molar-refractivity contribution in [2.24, 2.45) is 0 Å². The summed E-state index contributed by atoms with van der Waals surface area (Å²) in [6.07, 6.45) is -2.78. The molecular weight excluding hydrogens is 129 g/mol. The zero-order valence-electron chi connectivity index (χ0n) is 4.67. The molecule has 0 spiro atoms. The molecule has 5 heteroatoms. The molecule has 0 rings (SSSR count). The molecule has 0 aliphatic carbocycles. The number of aliphatic hydroxyl groups excluding tert-OH is 2. The van der Waals surface area contributed by atoms with Crippen LogP contribution in [0.4, 0.5) is 9.18 Å². The van der Waals surface area contributed by atoms with Crippen molar-refractivity contribution in [1.82, 2.24) is 5.32 Å². The molecule has 0 bridgehead atoms. The Kier molecular flexibility index (Phi) is 3.90. The molecule has 3 N–H and O–H groups in total. The second-order valence-corrected chi connectivity index (χ2v) is 1.49. The van der Waals surface area contributed by atoms with Gasteiger partial charge in [0.1, 0.15) is 0 Å². The molecular formula is C4H8FNO3. The maximum atomic E-state index is 11.3. The summed E-state index contributed by atoms with van der Waals surface area (Å²) in [7, 11) is 0. The van der Waals surface area contributed by atoms with Gasteiger partial charge in [0.05, 0.1) is 12.7 Å². The lowest BCUT2D eigenvalue weighted by atomic mass is 10.4. The van der Waals surface area contributed by atoms with Gasteiger partial charge in [-0.25, -0.2) is 4.79 Å². The van der Waals surface area contributed by atoms with Crippen LogP contribution in [0, 0.1) is 0 Å². The highest BCUT2D eigenvalue weighted by atomic mass is 19.1. The Morgan fingerprint density at radius 2 is 2.33 bits per heavy atom. The molecule has 0 aromatic heterocycles. The maximum Gasteiger partial charge on any atom is 0.397 e. The Balaban J connectivity index is 3.16. The van der Waals surface area contributed by atoms with Crippen molar-refractivity contribution in [3.05, 3.63) is 0 Å². The number of rotatable bonds is 3. The predicted octanol–water partition coefficient (Wildman–Crippen LogP) is -0.981. The summed E-state index contributed by atoms with van der Waals surface area (Å²) in [5, 5.41) is 18.3. The lowest BCUT2D eigenvalue weighted by molar-refractivity contribution is 0.0949. The van der Waals surface area contributed by atoms with Crippen LogP contribution in [0.5, 0.6) is 0 Å². The van der Waals surface area contributed by atoms with Crippen molar-refractivity contribution in [2.75, 3.05) is 13.2 Å². The van der Waals surface area contributed by atoms with Crippen molar-refractivity contribution in [2.45, 2.75) is 6.10 Å². The van der Waals surface area contributed by atoms with Crippen molar-refractivity contribution >= 4 is 6.16 Å². The van der Waals surface area contributed by atoms with E-state index in [2.05, 4.69) is 0 Å². The largest absolute Gasteiger partial charge is 0.397 e. The van der Waals surface area contributed by atoms with Crippen LogP contribution in [0.15, 0.2) is 0 Å². The van der Waals surface area contributed by atoms with Crippen molar-refractivity contribution in [3.8, 4) is 0 Å². The summed E-state index contributed by atoms with van der Waals surface area (Å²) < 4.78 is 11.3. The van der Waals surface area contributed by atoms with Gasteiger partial charge in [-0.1, -0.05) is 0 Å². The SMILES string of the molecule is O=C(F)NCC(O)CO. The number of nitrogens with one attached hydrogen (secondary N) is 1. The fraction of sp³-hybridized carbons (Fsp3) is 0.750. The lowest BCUT2D eigenvalue weighted by Crippen LogP contribution is -2.31. The third kappa shape index (κ3) is 5.19. The predicted molar refractivity (Wildman–Crippen MR) is 27.6 cm³/mol. The molecule has 0 aromatic carbocycles. The highest BCUT2D eigenvalue weighted by Crippen LogP contribution is 1.77. The van der Waals surface area contributed by atoms with E-state index in [-0.39, 0.29) is 6.54 Å². The summed E-state index contributed by atoms with van der Waals surface area (Å²) in [6, 6.07) is 0. The first-order chi connectivity index (χ1) is 4.16. The van der Waals surface area contributed by atoms with E-state index in [4.69, 9.17) is 10.2 Å². The molecule has 1 amide bonds. The van der Waals surface area contributed by atoms with Gasteiger partial charge in [0.15, 0.2) is 0 Å². The first-order valence-electron chi connectivity index (χ1n) is 2.39. The molecule has 0 heterocycles. The Morgan fingerprint density at radius 1 is 1.78 bits per heavy atom. The topological polar surface area (TPSA) is 69.6 Å². The van der Waals surface area contributed by atoms with Crippen LogP contribution in [0.1, 0.15) is 0 Å². The molecule has 0 saturated carbocycles. The molecule has 9 heavy (non-hydrogen) atoms. The van der Waals surface area contributed by atoms with Crippen molar-refractivity contribution in [3.63, 3.8) is 0 Å². The Bertz CT molecular complexity index is 97.8. The quantitative estimate of drug-likeness (QED) is 0.346. The summed E-state index contributed by atoms with van der Waals surface area (Å²) in [5.41, 5.74) is 0. The van der Waals surface area contributed by atoms with Crippen LogP contribution in [0.3, 0.4) is 0 Å². The van der Waals surface area contributed by atoms with E-state index in [1.807, 2.05) is 0 Å². The van der Waals surface area contributed by atoms with Gasteiger partial charge in [-0.3, -0.25) is 0 Å². The van der Waals surface area contributed by atoms with E-state index in [0.29, 0.717) is 0 Å². The number of carbonyl (C=O) groups excluding carboxylic acids is 1. The number of hydrogen-bond acceptors (Lipinski definition) is 3. The molecule has 1 atom stereocenters. The zero-order valence-corrected chi connectivity index (χ0v) is 4.67. The van der Waals surface area contributed by atoms with E-state index >= 15 is 0 Å². The van der Waals surface area contributed by atoms with E-state index in [9.17, 15) is 9.18 Å². The molecule has 0 fully saturated rings. The summed E-state index contributed by atoms with van der Waals surface area (Å²) in [4.78, 5) is 9.49. The Hall–Kier alpha value is -0.680. The van der Waals surface area contributed by atoms with Gasteiger partial charge in [-0.05, 0) is 0 Å². The summed E-state index contributed by atoms with van der Waals surface area (Å²) in [6.45, 7) is -0.744. The normalized spacial score (nSPS) is 12.8. The Labute approximate surface area is 51.3 Å². The second kappa shape index (κ2) is 4.22. The average Bonchev–Trinajstić information content (AvgIpc) is 1.83. The third-order valence-corrected chi connectivity index (χ3v) is 0.687. The van der Waals surface area contributed by atoms with Crippen LogP contribution in [-0.2, 0) is 0 Å². The average molecular weight is 137 g/mol. The van der Waals surface area contributed by atoms with Crippen LogP contribution < -0.4 is 5.32 Å². The van der Waals surface area contributed by atoms with E-state index in [0.717, 1.165) is 0 Å². The molecule has 54 valence electrons. The van der Waals surface area contributed by atoms with Gasteiger partial charge in [0, 0.05) is 6.54 Å². The minimum atomic E-state index is -1.71. The van der Waals surface area contributed by atoms with Gasteiger partial charge in [0.25, 0.3) is 0 Å². The molecule has 1 unspecified atom stereocenters. The van der Waals surface area contributed by atoms with Crippen LogP contribution in [0.2, 0.25) is 0 Å². The molecule has 0 aliphatic rings. The smallest absolute Gasteiger partial charge is 0.394 e. The molecule has 0 radical (unpaired) electrons. The number of aliphatic hydroxyl groups is 2. The van der Waals surface area contributed by atoms with E-state index < -0.39 is 18.9 Å². The maximum absolute atomic E-state index is 11.3. The van der Waals surface area contributed by atoms with Gasteiger partial charge in [-0.2, -0.15) is 0 Å². The van der Waals surface area contributed by atoms with Gasteiger partial charge >= 0.3 is 6.16 Å². The minimum absolute atomic E-state index is 0.258. The fourth-order valence-corrected chi connectivity index (χ4v) is 0.263. The highest BCUT2D eigenvalue weighted by Gasteiger charge is 2.02. The molecule has 0 aliphatic heterocycles. The monoisotopic (exact) mass is 137 g/mol. The van der Waals surface area contributed by atoms with E-state index in [1.165, 1.54) is 0 Å². The lowest BCUT2D eigenvalue weighted by Gasteiger charge is -2.03. The molecule has 0 saturated heterocycles. The van der Waals surface area contributed by atoms with Crippen molar-refractivity contribution < 1.29 is 19.4 Å². The van der Waals surface area contributed by atoms with Crippen molar-refractivity contribution in [1.29, 1.82) is 0 Å². The van der Waals surface area contributed by atoms with Gasteiger partial charge < -0.3 is 15.5 Å². The zero-order chi connectivity index (χ0) is 7.28. The highest BCUT2D eigenvalue weighted by molar-refractivity contribution is 5.65. The number of carbonyl (C=O) groups is 1. The van der Waals surface area contributed by atoms with Crippen LogP contribution in [0.25, 0.3) is 0 Å². The third-order valence-electron chi connectivity index (χ3n) is 0.687. The summed E-state index contributed by atoms with van der Waals surface area (Å²) in [5.74, 6) is 0. The first-order valence-corrected chi connectivity index (χ1v) is 2.39. The first kappa shape index (κ1) is 8.32. The second-order valence-electron chi connectivity index (χ2n) is 1.49. The van der Waals surface area contributed by atoms with Crippen LogP contribution in [-0.4, -0.2) is 35.6 Å². The number of hydrogen-bond donors (Lipinski definition) is 3. The minimum Gasteiger partial charge on any atom is -0.394 e. The fourth-order valence-electron chi connectivity index (χ4n) is 0.263. The summed E-state index contributed by atoms with van der Waals surface area (Å²) >= 11 is 0. The standard InChI is InChI=1S/C4H8FNO3/c5-4(9)6-1-3(8)2-7/h3,7-8H,1-2H2,(H,6,9). The number of halogens is 1. The molecule has 4 nitrogen and oxygen atoms in total. The van der Waals surface area contributed by atoms with E-state index in [1.54, 1.807) is 5.32 Å². The molecule has 0 aromatic rings. The van der Waals surface area contributed by atoms with Gasteiger partial charge in [-0.15, -0.1) is 4.39 Å². The number of amides is 1.